The average molecular weight is 352 g/mol. The van der Waals surface area contributed by atoms with Crippen LogP contribution in [0, 0.1) is 5.95 Å². The van der Waals surface area contributed by atoms with E-state index in [1.54, 1.807) is 27.7 Å². The van der Waals surface area contributed by atoms with Gasteiger partial charge in [0.15, 0.2) is 0 Å². The summed E-state index contributed by atoms with van der Waals surface area (Å²) in [5, 5.41) is 2.36. The van der Waals surface area contributed by atoms with Gasteiger partial charge in [-0.3, -0.25) is 5.32 Å². The van der Waals surface area contributed by atoms with Gasteiger partial charge >= 0.3 is 12.1 Å². The van der Waals surface area contributed by atoms with E-state index in [2.05, 4.69) is 10.3 Å². The molecule has 0 aromatic carbocycles. The van der Waals surface area contributed by atoms with E-state index in [4.69, 9.17) is 14.2 Å². The van der Waals surface area contributed by atoms with Gasteiger partial charge in [0.05, 0.1) is 25.4 Å². The van der Waals surface area contributed by atoms with Crippen LogP contribution in [-0.4, -0.2) is 42.5 Å². The maximum absolute atomic E-state index is 14.4. The number of anilines is 1. The summed E-state index contributed by atoms with van der Waals surface area (Å²) < 4.78 is 29.6. The van der Waals surface area contributed by atoms with Crippen LogP contribution in [0.15, 0.2) is 17.7 Å². The van der Waals surface area contributed by atoms with Crippen LogP contribution in [0.2, 0.25) is 0 Å². The lowest BCUT2D eigenvalue weighted by Gasteiger charge is -2.19. The zero-order valence-electron chi connectivity index (χ0n) is 14.6. The van der Waals surface area contributed by atoms with Gasteiger partial charge < -0.3 is 14.2 Å². The number of halogens is 1. The number of ether oxygens (including phenoxy) is 3. The number of hydrogen-bond acceptors (Lipinski definition) is 6. The molecule has 136 valence electrons. The number of carbonyl (C=O) groups is 2. The SMILES string of the molecule is CCOC(=O)C1=C(c2ccc(NC(=O)OC(C)(C)C)nc2F)COC1. The summed E-state index contributed by atoms with van der Waals surface area (Å²) in [6.45, 7) is 7.20. The number of carbonyl (C=O) groups excluding carboxylic acids is 2. The maximum atomic E-state index is 14.4. The third-order valence-electron chi connectivity index (χ3n) is 3.18. The van der Waals surface area contributed by atoms with Crippen LogP contribution in [0.5, 0.6) is 0 Å². The first-order valence-electron chi connectivity index (χ1n) is 7.85. The van der Waals surface area contributed by atoms with Gasteiger partial charge in [0.1, 0.15) is 11.4 Å². The summed E-state index contributed by atoms with van der Waals surface area (Å²) in [4.78, 5) is 27.3. The summed E-state index contributed by atoms with van der Waals surface area (Å²) in [7, 11) is 0. The number of nitrogens with one attached hydrogen (secondary N) is 1. The quantitative estimate of drug-likeness (QED) is 0.662. The maximum Gasteiger partial charge on any atom is 0.413 e. The van der Waals surface area contributed by atoms with Gasteiger partial charge in [-0.15, -0.1) is 0 Å². The summed E-state index contributed by atoms with van der Waals surface area (Å²) in [6.07, 6.45) is -0.734. The highest BCUT2D eigenvalue weighted by Crippen LogP contribution is 2.28. The van der Waals surface area contributed by atoms with Crippen molar-refractivity contribution in [3.8, 4) is 0 Å². The molecular weight excluding hydrogens is 331 g/mol. The second-order valence-electron chi connectivity index (χ2n) is 6.33. The van der Waals surface area contributed by atoms with E-state index in [0.717, 1.165) is 0 Å². The summed E-state index contributed by atoms with van der Waals surface area (Å²) in [6, 6.07) is 2.86. The van der Waals surface area contributed by atoms with Gasteiger partial charge in [0, 0.05) is 11.1 Å². The van der Waals surface area contributed by atoms with Crippen molar-refractivity contribution in [2.75, 3.05) is 25.1 Å². The van der Waals surface area contributed by atoms with Crippen molar-refractivity contribution in [3.63, 3.8) is 0 Å². The van der Waals surface area contributed by atoms with Crippen LogP contribution < -0.4 is 5.32 Å². The highest BCUT2D eigenvalue weighted by Gasteiger charge is 2.26. The standard InChI is InChI=1S/C17H21FN2O5/c1-5-24-15(21)12-9-23-8-11(12)10-6-7-13(19-14(10)18)20-16(22)25-17(2,3)4/h6-7H,5,8-9H2,1-4H3,(H,19,20,22). The minimum atomic E-state index is -0.823. The average Bonchev–Trinajstić information content (AvgIpc) is 2.94. The number of nitrogens with zero attached hydrogens (tertiary/aromatic N) is 1. The molecule has 0 saturated carbocycles. The monoisotopic (exact) mass is 352 g/mol. The zero-order chi connectivity index (χ0) is 18.6. The van der Waals surface area contributed by atoms with Gasteiger partial charge in [-0.1, -0.05) is 0 Å². The van der Waals surface area contributed by atoms with E-state index in [9.17, 15) is 14.0 Å². The molecule has 2 rings (SSSR count). The fraction of sp³-hybridized carbons (Fsp3) is 0.471. The molecule has 0 spiro atoms. The number of aromatic nitrogens is 1. The van der Waals surface area contributed by atoms with Crippen LogP contribution >= 0.6 is 0 Å². The van der Waals surface area contributed by atoms with Gasteiger partial charge in [0.2, 0.25) is 5.95 Å². The first-order chi connectivity index (χ1) is 11.7. The van der Waals surface area contributed by atoms with Crippen LogP contribution in [-0.2, 0) is 19.0 Å². The number of rotatable bonds is 4. The minimum Gasteiger partial charge on any atom is -0.463 e. The molecule has 1 aromatic heterocycles. The predicted octanol–water partition coefficient (Wildman–Crippen LogP) is 2.91. The molecule has 2 heterocycles. The molecule has 0 bridgehead atoms. The molecule has 0 unspecified atom stereocenters. The molecule has 1 aromatic rings. The molecule has 0 radical (unpaired) electrons. The fourth-order valence-corrected chi connectivity index (χ4v) is 2.21. The second-order valence-corrected chi connectivity index (χ2v) is 6.33. The Balaban J connectivity index is 2.20. The Labute approximate surface area is 145 Å². The fourth-order valence-electron chi connectivity index (χ4n) is 2.21. The van der Waals surface area contributed by atoms with E-state index in [1.165, 1.54) is 12.1 Å². The molecule has 0 fully saturated rings. The largest absolute Gasteiger partial charge is 0.463 e. The molecule has 1 amide bonds. The summed E-state index contributed by atoms with van der Waals surface area (Å²) in [5.74, 6) is -1.35. The Bertz CT molecular complexity index is 709. The van der Waals surface area contributed by atoms with Crippen LogP contribution in [0.3, 0.4) is 0 Å². The molecule has 0 atom stereocenters. The van der Waals surface area contributed by atoms with Crippen molar-refractivity contribution in [1.29, 1.82) is 0 Å². The summed E-state index contributed by atoms with van der Waals surface area (Å²) >= 11 is 0. The van der Waals surface area contributed by atoms with E-state index >= 15 is 0 Å². The number of esters is 1. The third kappa shape index (κ3) is 4.99. The van der Waals surface area contributed by atoms with Crippen LogP contribution in [0.4, 0.5) is 15.0 Å². The van der Waals surface area contributed by atoms with Crippen molar-refractivity contribution in [3.05, 3.63) is 29.2 Å². The number of pyridine rings is 1. The zero-order valence-corrected chi connectivity index (χ0v) is 14.6. The van der Waals surface area contributed by atoms with E-state index in [1.807, 2.05) is 0 Å². The molecule has 1 N–H and O–H groups in total. The Hall–Kier alpha value is -2.48. The molecular formula is C17H21FN2O5. The highest BCUT2D eigenvalue weighted by atomic mass is 19.1. The van der Waals surface area contributed by atoms with Crippen LogP contribution in [0.1, 0.15) is 33.3 Å². The predicted molar refractivity (Wildman–Crippen MR) is 88.4 cm³/mol. The molecule has 0 aliphatic carbocycles. The molecule has 8 heteroatoms. The molecule has 1 aliphatic rings. The topological polar surface area (TPSA) is 86.8 Å². The molecule has 7 nitrogen and oxygen atoms in total. The van der Waals surface area contributed by atoms with E-state index < -0.39 is 23.6 Å². The third-order valence-corrected chi connectivity index (χ3v) is 3.18. The van der Waals surface area contributed by atoms with Crippen LogP contribution in [0.25, 0.3) is 5.57 Å². The van der Waals surface area contributed by atoms with Crippen molar-refractivity contribution >= 4 is 23.5 Å². The van der Waals surface area contributed by atoms with E-state index in [-0.39, 0.29) is 36.8 Å². The second kappa shape index (κ2) is 7.60. The number of amides is 1. The van der Waals surface area contributed by atoms with Crippen molar-refractivity contribution in [2.45, 2.75) is 33.3 Å². The van der Waals surface area contributed by atoms with E-state index in [0.29, 0.717) is 5.57 Å². The summed E-state index contributed by atoms with van der Waals surface area (Å²) in [5.41, 5.74) is 0.126. The minimum absolute atomic E-state index is 0.00713. The lowest BCUT2D eigenvalue weighted by molar-refractivity contribution is -0.138. The lowest BCUT2D eigenvalue weighted by atomic mass is 10.0. The molecule has 1 aliphatic heterocycles. The van der Waals surface area contributed by atoms with Crippen molar-refractivity contribution < 1.29 is 28.2 Å². The number of hydrogen-bond donors (Lipinski definition) is 1. The first-order valence-corrected chi connectivity index (χ1v) is 7.85. The Kier molecular flexibility index (Phi) is 5.73. The van der Waals surface area contributed by atoms with Gasteiger partial charge in [0.25, 0.3) is 0 Å². The molecule has 0 saturated heterocycles. The molecule has 25 heavy (non-hydrogen) atoms. The van der Waals surface area contributed by atoms with Gasteiger partial charge in [-0.2, -0.15) is 4.39 Å². The van der Waals surface area contributed by atoms with Gasteiger partial charge in [-0.25, -0.2) is 14.6 Å². The lowest BCUT2D eigenvalue weighted by Crippen LogP contribution is -2.27. The highest BCUT2D eigenvalue weighted by molar-refractivity contribution is 5.99. The van der Waals surface area contributed by atoms with Crippen molar-refractivity contribution in [2.24, 2.45) is 0 Å². The normalized spacial score (nSPS) is 14.4. The Morgan fingerprint density at radius 2 is 2.04 bits per heavy atom. The van der Waals surface area contributed by atoms with Gasteiger partial charge in [-0.05, 0) is 39.8 Å². The van der Waals surface area contributed by atoms with Crippen molar-refractivity contribution in [1.82, 2.24) is 4.98 Å². The Morgan fingerprint density at radius 3 is 2.64 bits per heavy atom. The smallest absolute Gasteiger partial charge is 0.413 e. The Morgan fingerprint density at radius 1 is 1.32 bits per heavy atom. The first kappa shape index (κ1) is 18.9.